The number of ether oxygens (including phenoxy) is 2. The number of benzene rings is 2. The van der Waals surface area contributed by atoms with Gasteiger partial charge in [-0.25, -0.2) is 4.79 Å². The highest BCUT2D eigenvalue weighted by Gasteiger charge is 2.42. The zero-order chi connectivity index (χ0) is 15.4. The van der Waals surface area contributed by atoms with Crippen LogP contribution in [0.5, 0.6) is 0 Å². The van der Waals surface area contributed by atoms with Crippen molar-refractivity contribution in [3.8, 4) is 0 Å². The Bertz CT molecular complexity index is 656. The Morgan fingerprint density at radius 2 is 1.95 bits per heavy atom. The first-order valence-electron chi connectivity index (χ1n) is 7.01. The summed E-state index contributed by atoms with van der Waals surface area (Å²) in [6.45, 7) is 1.15. The molecule has 5 heteroatoms. The molecule has 114 valence electrons. The van der Waals surface area contributed by atoms with Gasteiger partial charge in [-0.1, -0.05) is 58.4 Å². The third-order valence-corrected chi connectivity index (χ3v) is 4.12. The van der Waals surface area contributed by atoms with Crippen LogP contribution in [0.2, 0.25) is 0 Å². The van der Waals surface area contributed by atoms with Crippen molar-refractivity contribution in [1.82, 2.24) is 5.32 Å². The summed E-state index contributed by atoms with van der Waals surface area (Å²) < 4.78 is 11.6. The molecule has 0 radical (unpaired) electrons. The predicted molar refractivity (Wildman–Crippen MR) is 86.4 cm³/mol. The average molecular weight is 362 g/mol. The van der Waals surface area contributed by atoms with E-state index in [1.165, 1.54) is 0 Å². The van der Waals surface area contributed by atoms with Gasteiger partial charge in [-0.3, -0.25) is 0 Å². The topological polar surface area (TPSA) is 47.6 Å². The number of carbonyl (C=O) groups excluding carboxylic acids is 1. The van der Waals surface area contributed by atoms with Crippen LogP contribution in [0.15, 0.2) is 59.1 Å². The minimum Gasteiger partial charge on any atom is -0.445 e. The van der Waals surface area contributed by atoms with Crippen molar-refractivity contribution in [3.63, 3.8) is 0 Å². The number of nitrogens with one attached hydrogen (secondary N) is 1. The normalized spacial score (nSPS) is 15.7. The second kappa shape index (κ2) is 6.50. The minimum absolute atomic E-state index is 0.252. The van der Waals surface area contributed by atoms with E-state index in [9.17, 15) is 4.79 Å². The van der Waals surface area contributed by atoms with Crippen LogP contribution in [0, 0.1) is 0 Å². The van der Waals surface area contributed by atoms with Crippen molar-refractivity contribution in [1.29, 1.82) is 0 Å². The van der Waals surface area contributed by atoms with Crippen molar-refractivity contribution in [2.24, 2.45) is 0 Å². The summed E-state index contributed by atoms with van der Waals surface area (Å²) in [4.78, 5) is 12.1. The predicted octanol–water partition coefficient (Wildman–Crippen LogP) is 3.60. The van der Waals surface area contributed by atoms with E-state index in [2.05, 4.69) is 21.2 Å². The molecular weight excluding hydrogens is 346 g/mol. The highest BCUT2D eigenvalue weighted by Crippen LogP contribution is 2.31. The fraction of sp³-hybridized carbons (Fsp3) is 0.235. The maximum absolute atomic E-state index is 12.1. The van der Waals surface area contributed by atoms with Crippen LogP contribution in [0.1, 0.15) is 11.1 Å². The molecule has 1 heterocycles. The maximum atomic E-state index is 12.1. The summed E-state index contributed by atoms with van der Waals surface area (Å²) in [6.07, 6.45) is -0.438. The molecule has 1 aliphatic heterocycles. The molecule has 1 amide bonds. The Kier molecular flexibility index (Phi) is 4.45. The molecule has 0 atom stereocenters. The van der Waals surface area contributed by atoms with Crippen molar-refractivity contribution in [2.75, 3.05) is 13.2 Å². The van der Waals surface area contributed by atoms with Gasteiger partial charge in [-0.2, -0.15) is 0 Å². The summed E-state index contributed by atoms with van der Waals surface area (Å²) in [5, 5.41) is 2.94. The third-order valence-electron chi connectivity index (χ3n) is 3.63. The van der Waals surface area contributed by atoms with Crippen molar-refractivity contribution >= 4 is 22.0 Å². The van der Waals surface area contributed by atoms with Crippen LogP contribution in [-0.2, 0) is 21.6 Å². The largest absolute Gasteiger partial charge is 0.445 e. The fourth-order valence-electron chi connectivity index (χ4n) is 2.36. The lowest BCUT2D eigenvalue weighted by Gasteiger charge is -2.42. The Hall–Kier alpha value is -1.85. The Morgan fingerprint density at radius 3 is 2.59 bits per heavy atom. The van der Waals surface area contributed by atoms with Crippen molar-refractivity contribution in [3.05, 3.63) is 70.2 Å². The van der Waals surface area contributed by atoms with Gasteiger partial charge in [0, 0.05) is 4.47 Å². The van der Waals surface area contributed by atoms with Gasteiger partial charge < -0.3 is 14.8 Å². The average Bonchev–Trinajstić information content (AvgIpc) is 2.50. The maximum Gasteiger partial charge on any atom is 0.408 e. The number of hydrogen-bond donors (Lipinski definition) is 1. The molecule has 1 aliphatic rings. The molecule has 3 rings (SSSR count). The summed E-state index contributed by atoms with van der Waals surface area (Å²) in [5.41, 5.74) is 1.46. The van der Waals surface area contributed by atoms with Gasteiger partial charge in [-0.05, 0) is 23.3 Å². The zero-order valence-electron chi connectivity index (χ0n) is 11.9. The Labute approximate surface area is 137 Å². The molecule has 0 unspecified atom stereocenters. The molecule has 0 bridgehead atoms. The second-order valence-corrected chi connectivity index (χ2v) is 6.19. The molecule has 0 spiro atoms. The van der Waals surface area contributed by atoms with E-state index in [4.69, 9.17) is 9.47 Å². The molecule has 1 saturated heterocycles. The number of hydrogen-bond acceptors (Lipinski definition) is 3. The van der Waals surface area contributed by atoms with Gasteiger partial charge in [0.05, 0.1) is 13.2 Å². The molecular formula is C17H16BrNO3. The first-order chi connectivity index (χ1) is 10.7. The van der Waals surface area contributed by atoms with E-state index < -0.39 is 11.6 Å². The molecule has 0 aromatic heterocycles. The van der Waals surface area contributed by atoms with Crippen LogP contribution in [0.4, 0.5) is 4.79 Å². The van der Waals surface area contributed by atoms with Gasteiger partial charge >= 0.3 is 6.09 Å². The van der Waals surface area contributed by atoms with E-state index in [1.54, 1.807) is 0 Å². The van der Waals surface area contributed by atoms with Crippen LogP contribution >= 0.6 is 15.9 Å². The molecule has 2 aromatic rings. The molecule has 2 aromatic carbocycles. The molecule has 4 nitrogen and oxygen atoms in total. The van der Waals surface area contributed by atoms with E-state index in [0.717, 1.165) is 15.6 Å². The second-order valence-electron chi connectivity index (χ2n) is 5.27. The number of carbonyl (C=O) groups is 1. The zero-order valence-corrected chi connectivity index (χ0v) is 13.5. The van der Waals surface area contributed by atoms with Crippen molar-refractivity contribution < 1.29 is 14.3 Å². The molecule has 1 fully saturated rings. The molecule has 1 N–H and O–H groups in total. The van der Waals surface area contributed by atoms with Crippen LogP contribution in [-0.4, -0.2) is 19.3 Å². The van der Waals surface area contributed by atoms with Crippen LogP contribution in [0.25, 0.3) is 0 Å². The molecule has 0 saturated carbocycles. The first kappa shape index (κ1) is 15.1. The SMILES string of the molecule is O=C(NC1(c2cccc(Br)c2)COC1)OCc1ccccc1. The summed E-state index contributed by atoms with van der Waals surface area (Å²) >= 11 is 3.45. The Balaban J connectivity index is 1.64. The summed E-state index contributed by atoms with van der Waals surface area (Å²) in [5.74, 6) is 0. The van der Waals surface area contributed by atoms with Gasteiger partial charge in [-0.15, -0.1) is 0 Å². The van der Waals surface area contributed by atoms with Crippen molar-refractivity contribution in [2.45, 2.75) is 12.1 Å². The lowest BCUT2D eigenvalue weighted by Crippen LogP contribution is -2.59. The van der Waals surface area contributed by atoms with Crippen LogP contribution in [0.3, 0.4) is 0 Å². The van der Waals surface area contributed by atoms with Gasteiger partial charge in [0.25, 0.3) is 0 Å². The standard InChI is InChI=1S/C17H16BrNO3/c18-15-8-4-7-14(9-15)17(11-21-12-17)19-16(20)22-10-13-5-2-1-3-6-13/h1-9H,10-12H2,(H,19,20). The number of halogens is 1. The van der Waals surface area contributed by atoms with Gasteiger partial charge in [0.15, 0.2) is 0 Å². The van der Waals surface area contributed by atoms with E-state index in [0.29, 0.717) is 13.2 Å². The highest BCUT2D eigenvalue weighted by atomic mass is 79.9. The number of amides is 1. The third kappa shape index (κ3) is 3.31. The highest BCUT2D eigenvalue weighted by molar-refractivity contribution is 9.10. The number of rotatable bonds is 4. The van der Waals surface area contributed by atoms with E-state index in [1.807, 2.05) is 54.6 Å². The Morgan fingerprint density at radius 1 is 1.18 bits per heavy atom. The molecule has 0 aliphatic carbocycles. The minimum atomic E-state index is -0.502. The van der Waals surface area contributed by atoms with Gasteiger partial charge in [0.1, 0.15) is 12.1 Å². The summed E-state index contributed by atoms with van der Waals surface area (Å²) in [7, 11) is 0. The lowest BCUT2D eigenvalue weighted by molar-refractivity contribution is -0.0762. The quantitative estimate of drug-likeness (QED) is 0.904. The number of alkyl carbamates (subject to hydrolysis) is 1. The smallest absolute Gasteiger partial charge is 0.408 e. The van der Waals surface area contributed by atoms with Crippen LogP contribution < -0.4 is 5.32 Å². The van der Waals surface area contributed by atoms with E-state index >= 15 is 0 Å². The summed E-state index contributed by atoms with van der Waals surface area (Å²) in [6, 6.07) is 17.5. The monoisotopic (exact) mass is 361 g/mol. The van der Waals surface area contributed by atoms with E-state index in [-0.39, 0.29) is 6.61 Å². The lowest BCUT2D eigenvalue weighted by atomic mass is 9.88. The first-order valence-corrected chi connectivity index (χ1v) is 7.80. The van der Waals surface area contributed by atoms with Gasteiger partial charge in [0.2, 0.25) is 0 Å². The molecule has 22 heavy (non-hydrogen) atoms. The fourth-order valence-corrected chi connectivity index (χ4v) is 2.76.